The van der Waals surface area contributed by atoms with Crippen LogP contribution in [-0.4, -0.2) is 16.1 Å². The van der Waals surface area contributed by atoms with Gasteiger partial charge in [0.15, 0.2) is 0 Å². The lowest BCUT2D eigenvalue weighted by molar-refractivity contribution is 0.758. The molecule has 0 unspecified atom stereocenters. The molecule has 1 heterocycles. The first-order chi connectivity index (χ1) is 5.77. The molecule has 0 bridgehead atoms. The zero-order valence-corrected chi connectivity index (χ0v) is 7.88. The standard InChI is InChI=1S/C9H17N3/c1-3-4-9-11-8(5-6-10)7-12(9)2/h7H,3-6,10H2,1-2H3. The zero-order valence-electron chi connectivity index (χ0n) is 7.88. The van der Waals surface area contributed by atoms with E-state index in [4.69, 9.17) is 5.73 Å². The normalized spacial score (nSPS) is 10.6. The van der Waals surface area contributed by atoms with Crippen LogP contribution in [0.1, 0.15) is 24.9 Å². The molecule has 0 fully saturated rings. The van der Waals surface area contributed by atoms with Crippen molar-refractivity contribution < 1.29 is 0 Å². The lowest BCUT2D eigenvalue weighted by Crippen LogP contribution is -2.02. The van der Waals surface area contributed by atoms with E-state index in [-0.39, 0.29) is 0 Å². The molecule has 0 amide bonds. The number of rotatable bonds is 4. The van der Waals surface area contributed by atoms with Crippen molar-refractivity contribution in [2.24, 2.45) is 12.8 Å². The average Bonchev–Trinajstić information content (AvgIpc) is 2.34. The van der Waals surface area contributed by atoms with Gasteiger partial charge in [-0.2, -0.15) is 0 Å². The van der Waals surface area contributed by atoms with Crippen molar-refractivity contribution in [3.63, 3.8) is 0 Å². The maximum absolute atomic E-state index is 5.44. The molecule has 12 heavy (non-hydrogen) atoms. The quantitative estimate of drug-likeness (QED) is 0.723. The highest BCUT2D eigenvalue weighted by Crippen LogP contribution is 2.03. The minimum Gasteiger partial charge on any atom is -0.338 e. The molecule has 0 aliphatic carbocycles. The average molecular weight is 167 g/mol. The van der Waals surface area contributed by atoms with Gasteiger partial charge in [-0.1, -0.05) is 6.92 Å². The van der Waals surface area contributed by atoms with Crippen molar-refractivity contribution in [2.45, 2.75) is 26.2 Å². The monoisotopic (exact) mass is 167 g/mol. The van der Waals surface area contributed by atoms with Crippen LogP contribution in [-0.2, 0) is 19.9 Å². The van der Waals surface area contributed by atoms with Crippen molar-refractivity contribution in [1.29, 1.82) is 0 Å². The van der Waals surface area contributed by atoms with Gasteiger partial charge < -0.3 is 10.3 Å². The van der Waals surface area contributed by atoms with Gasteiger partial charge in [-0.05, 0) is 13.0 Å². The zero-order chi connectivity index (χ0) is 8.97. The lowest BCUT2D eigenvalue weighted by Gasteiger charge is -1.95. The number of aryl methyl sites for hydroxylation is 2. The minimum absolute atomic E-state index is 0.683. The fourth-order valence-corrected chi connectivity index (χ4v) is 1.30. The van der Waals surface area contributed by atoms with Crippen molar-refractivity contribution in [3.05, 3.63) is 17.7 Å². The van der Waals surface area contributed by atoms with Gasteiger partial charge in [-0.15, -0.1) is 0 Å². The smallest absolute Gasteiger partial charge is 0.108 e. The third-order valence-electron chi connectivity index (χ3n) is 1.90. The van der Waals surface area contributed by atoms with Crippen LogP contribution >= 0.6 is 0 Å². The number of nitrogens with two attached hydrogens (primary N) is 1. The summed E-state index contributed by atoms with van der Waals surface area (Å²) in [6.45, 7) is 2.85. The third-order valence-corrected chi connectivity index (χ3v) is 1.90. The fraction of sp³-hybridized carbons (Fsp3) is 0.667. The Kier molecular flexibility index (Phi) is 3.29. The van der Waals surface area contributed by atoms with E-state index in [9.17, 15) is 0 Å². The first-order valence-electron chi connectivity index (χ1n) is 4.49. The lowest BCUT2D eigenvalue weighted by atomic mass is 10.3. The molecule has 68 valence electrons. The van der Waals surface area contributed by atoms with Crippen LogP contribution in [0.2, 0.25) is 0 Å². The summed E-state index contributed by atoms with van der Waals surface area (Å²) in [6.07, 6.45) is 5.16. The Morgan fingerprint density at radius 1 is 1.50 bits per heavy atom. The molecule has 0 saturated heterocycles. The van der Waals surface area contributed by atoms with Gasteiger partial charge in [0.05, 0.1) is 5.69 Å². The summed E-state index contributed by atoms with van der Waals surface area (Å²) in [5.41, 5.74) is 6.56. The first kappa shape index (κ1) is 9.26. The Morgan fingerprint density at radius 3 is 2.83 bits per heavy atom. The van der Waals surface area contributed by atoms with Gasteiger partial charge in [0, 0.05) is 26.1 Å². The van der Waals surface area contributed by atoms with Crippen LogP contribution < -0.4 is 5.73 Å². The second-order valence-electron chi connectivity index (χ2n) is 3.05. The van der Waals surface area contributed by atoms with Gasteiger partial charge in [-0.25, -0.2) is 4.98 Å². The largest absolute Gasteiger partial charge is 0.338 e. The van der Waals surface area contributed by atoms with Crippen LogP contribution in [0.3, 0.4) is 0 Å². The maximum Gasteiger partial charge on any atom is 0.108 e. The molecule has 3 heteroatoms. The highest BCUT2D eigenvalue weighted by molar-refractivity contribution is 5.04. The fourth-order valence-electron chi connectivity index (χ4n) is 1.30. The summed E-state index contributed by atoms with van der Waals surface area (Å²) in [4.78, 5) is 4.47. The SMILES string of the molecule is CCCc1nc(CCN)cn1C. The first-order valence-corrected chi connectivity index (χ1v) is 4.49. The number of imidazole rings is 1. The van der Waals surface area contributed by atoms with E-state index in [1.807, 2.05) is 7.05 Å². The third kappa shape index (κ3) is 2.08. The molecule has 2 N–H and O–H groups in total. The number of hydrogen-bond donors (Lipinski definition) is 1. The van der Waals surface area contributed by atoms with Crippen LogP contribution in [0.25, 0.3) is 0 Å². The molecule has 1 rings (SSSR count). The van der Waals surface area contributed by atoms with Crippen molar-refractivity contribution in [2.75, 3.05) is 6.54 Å². The van der Waals surface area contributed by atoms with E-state index in [1.165, 1.54) is 5.82 Å². The van der Waals surface area contributed by atoms with E-state index >= 15 is 0 Å². The molecule has 0 aromatic carbocycles. The van der Waals surface area contributed by atoms with Crippen molar-refractivity contribution in [3.8, 4) is 0 Å². The van der Waals surface area contributed by atoms with Crippen LogP contribution in [0.5, 0.6) is 0 Å². The molecule has 0 aliphatic heterocycles. The van der Waals surface area contributed by atoms with Gasteiger partial charge in [-0.3, -0.25) is 0 Å². The summed E-state index contributed by atoms with van der Waals surface area (Å²) in [5.74, 6) is 1.17. The second kappa shape index (κ2) is 4.26. The molecule has 0 atom stereocenters. The maximum atomic E-state index is 5.44. The summed E-state index contributed by atoms with van der Waals surface area (Å²) in [6, 6.07) is 0. The number of nitrogens with zero attached hydrogens (tertiary/aromatic N) is 2. The summed E-state index contributed by atoms with van der Waals surface area (Å²) < 4.78 is 2.09. The molecular formula is C9H17N3. The Balaban J connectivity index is 2.70. The summed E-state index contributed by atoms with van der Waals surface area (Å²) >= 11 is 0. The van der Waals surface area contributed by atoms with Gasteiger partial charge in [0.1, 0.15) is 5.82 Å². The van der Waals surface area contributed by atoms with E-state index in [1.54, 1.807) is 0 Å². The van der Waals surface area contributed by atoms with Gasteiger partial charge >= 0.3 is 0 Å². The molecule has 3 nitrogen and oxygen atoms in total. The Hall–Kier alpha value is -0.830. The molecule has 0 aliphatic rings. The predicted molar refractivity (Wildman–Crippen MR) is 50.0 cm³/mol. The minimum atomic E-state index is 0.683. The van der Waals surface area contributed by atoms with E-state index in [0.717, 1.165) is 25.0 Å². The summed E-state index contributed by atoms with van der Waals surface area (Å²) in [7, 11) is 2.04. The molecule has 0 spiro atoms. The molecule has 0 saturated carbocycles. The van der Waals surface area contributed by atoms with Crippen LogP contribution in [0, 0.1) is 0 Å². The Morgan fingerprint density at radius 2 is 2.25 bits per heavy atom. The Labute approximate surface area is 73.6 Å². The number of aromatic nitrogens is 2. The molecule has 1 aromatic rings. The van der Waals surface area contributed by atoms with E-state index in [2.05, 4.69) is 22.7 Å². The van der Waals surface area contributed by atoms with E-state index < -0.39 is 0 Å². The second-order valence-corrected chi connectivity index (χ2v) is 3.05. The molecule has 1 aromatic heterocycles. The number of hydrogen-bond acceptors (Lipinski definition) is 2. The highest BCUT2D eigenvalue weighted by atomic mass is 15.0. The predicted octanol–water partition coefficient (Wildman–Crippen LogP) is 0.874. The highest BCUT2D eigenvalue weighted by Gasteiger charge is 2.02. The van der Waals surface area contributed by atoms with Crippen LogP contribution in [0.15, 0.2) is 6.20 Å². The van der Waals surface area contributed by atoms with Gasteiger partial charge in [0.25, 0.3) is 0 Å². The topological polar surface area (TPSA) is 43.8 Å². The van der Waals surface area contributed by atoms with E-state index in [0.29, 0.717) is 6.54 Å². The van der Waals surface area contributed by atoms with Crippen molar-refractivity contribution >= 4 is 0 Å². The summed E-state index contributed by atoms with van der Waals surface area (Å²) in [5, 5.41) is 0. The van der Waals surface area contributed by atoms with Crippen molar-refractivity contribution in [1.82, 2.24) is 9.55 Å². The molecule has 0 radical (unpaired) electrons. The van der Waals surface area contributed by atoms with Crippen LogP contribution in [0.4, 0.5) is 0 Å². The Bertz CT molecular complexity index is 240. The van der Waals surface area contributed by atoms with Gasteiger partial charge in [0.2, 0.25) is 0 Å². The molecular weight excluding hydrogens is 150 g/mol.